The number of hydrogen-bond acceptors (Lipinski definition) is 4. The topological polar surface area (TPSA) is 113 Å². The lowest BCUT2D eigenvalue weighted by atomic mass is 10.00. The Labute approximate surface area is 181 Å². The fourth-order valence-corrected chi connectivity index (χ4v) is 3.17. The lowest BCUT2D eigenvalue weighted by molar-refractivity contribution is -0.145. The highest BCUT2D eigenvalue weighted by molar-refractivity contribution is 6.38. The molecule has 0 fully saturated rings. The number of amides is 2. The number of rotatable bonds is 11. The van der Waals surface area contributed by atoms with Crippen LogP contribution in [0.2, 0.25) is 0 Å². The van der Waals surface area contributed by atoms with Crippen LogP contribution in [0.4, 0.5) is 0 Å². The van der Waals surface area contributed by atoms with E-state index in [1.54, 1.807) is 36.4 Å². The predicted octanol–water partition coefficient (Wildman–Crippen LogP) is 2.14. The Bertz CT molecular complexity index is 897. The first-order valence-corrected chi connectivity index (χ1v) is 10.2. The Morgan fingerprint density at radius 2 is 1.35 bits per heavy atom. The van der Waals surface area contributed by atoms with Gasteiger partial charge in [0.1, 0.15) is 12.1 Å². The van der Waals surface area contributed by atoms with Gasteiger partial charge in [0, 0.05) is 6.42 Å². The summed E-state index contributed by atoms with van der Waals surface area (Å²) in [6.07, 6.45) is 0.375. The summed E-state index contributed by atoms with van der Waals surface area (Å²) in [4.78, 5) is 49.4. The summed E-state index contributed by atoms with van der Waals surface area (Å²) in [6, 6.07) is 15.8. The second kappa shape index (κ2) is 11.6. The maximum atomic E-state index is 12.9. The molecule has 0 saturated carbocycles. The molecule has 164 valence electrons. The average molecular weight is 424 g/mol. The van der Waals surface area contributed by atoms with Gasteiger partial charge >= 0.3 is 5.97 Å². The maximum Gasteiger partial charge on any atom is 0.326 e. The van der Waals surface area contributed by atoms with Gasteiger partial charge in [-0.25, -0.2) is 4.79 Å². The quantitative estimate of drug-likeness (QED) is 0.479. The Balaban J connectivity index is 2.14. The number of carbonyl (C=O) groups excluding carboxylic acids is 3. The van der Waals surface area contributed by atoms with Crippen molar-refractivity contribution in [2.75, 3.05) is 0 Å². The van der Waals surface area contributed by atoms with Crippen LogP contribution in [0.5, 0.6) is 0 Å². The van der Waals surface area contributed by atoms with Gasteiger partial charge in [0.2, 0.25) is 11.7 Å². The normalized spacial score (nSPS) is 12.6. The van der Waals surface area contributed by atoms with E-state index in [2.05, 4.69) is 10.6 Å². The van der Waals surface area contributed by atoms with Crippen molar-refractivity contribution in [2.45, 2.75) is 45.2 Å². The summed E-state index contributed by atoms with van der Waals surface area (Å²) in [7, 11) is 0. The van der Waals surface area contributed by atoms with Crippen molar-refractivity contribution in [2.24, 2.45) is 5.92 Å². The van der Waals surface area contributed by atoms with E-state index < -0.39 is 35.7 Å². The minimum atomic E-state index is -1.21. The van der Waals surface area contributed by atoms with Gasteiger partial charge in [-0.1, -0.05) is 74.5 Å². The van der Waals surface area contributed by atoms with Gasteiger partial charge < -0.3 is 15.7 Å². The number of nitrogens with one attached hydrogen (secondary N) is 2. The summed E-state index contributed by atoms with van der Waals surface area (Å²) in [5, 5.41) is 14.3. The molecule has 0 heterocycles. The molecular weight excluding hydrogens is 396 g/mol. The number of carbonyl (C=O) groups is 4. The molecule has 0 aromatic heterocycles. The van der Waals surface area contributed by atoms with Crippen LogP contribution in [0, 0.1) is 5.92 Å². The third-order valence-corrected chi connectivity index (χ3v) is 4.68. The first-order valence-electron chi connectivity index (χ1n) is 10.2. The van der Waals surface area contributed by atoms with Crippen molar-refractivity contribution < 1.29 is 24.3 Å². The first-order chi connectivity index (χ1) is 14.8. The summed E-state index contributed by atoms with van der Waals surface area (Å²) in [6.45, 7) is 3.65. The number of carboxylic acid groups (broad SMARTS) is 1. The Morgan fingerprint density at radius 3 is 1.87 bits per heavy atom. The van der Waals surface area contributed by atoms with E-state index in [-0.39, 0.29) is 25.2 Å². The monoisotopic (exact) mass is 424 g/mol. The lowest BCUT2D eigenvalue weighted by Gasteiger charge is -2.20. The zero-order valence-corrected chi connectivity index (χ0v) is 17.7. The molecule has 2 rings (SSSR count). The van der Waals surface area contributed by atoms with Gasteiger partial charge in [-0.2, -0.15) is 0 Å². The van der Waals surface area contributed by atoms with Crippen molar-refractivity contribution in [3.8, 4) is 0 Å². The van der Waals surface area contributed by atoms with E-state index in [0.717, 1.165) is 11.1 Å². The van der Waals surface area contributed by atoms with Crippen LogP contribution in [0.25, 0.3) is 0 Å². The summed E-state index contributed by atoms with van der Waals surface area (Å²) >= 11 is 0. The van der Waals surface area contributed by atoms with Crippen LogP contribution in [0.3, 0.4) is 0 Å². The number of aliphatic carboxylic acids is 1. The first kappa shape index (κ1) is 23.8. The smallest absolute Gasteiger partial charge is 0.326 e. The van der Waals surface area contributed by atoms with E-state index in [1.807, 2.05) is 38.1 Å². The zero-order valence-electron chi connectivity index (χ0n) is 17.7. The van der Waals surface area contributed by atoms with E-state index in [9.17, 15) is 24.3 Å². The molecule has 7 heteroatoms. The highest BCUT2D eigenvalue weighted by Gasteiger charge is 2.30. The van der Waals surface area contributed by atoms with Crippen LogP contribution in [0.1, 0.15) is 31.4 Å². The highest BCUT2D eigenvalue weighted by Crippen LogP contribution is 2.08. The summed E-state index contributed by atoms with van der Waals surface area (Å²) in [5.74, 6) is -3.48. The van der Waals surface area contributed by atoms with Crippen LogP contribution in [-0.4, -0.2) is 40.8 Å². The third-order valence-electron chi connectivity index (χ3n) is 4.68. The van der Waals surface area contributed by atoms with E-state index in [4.69, 9.17) is 0 Å². The van der Waals surface area contributed by atoms with E-state index in [0.29, 0.717) is 0 Å². The highest BCUT2D eigenvalue weighted by atomic mass is 16.4. The molecule has 7 nitrogen and oxygen atoms in total. The summed E-state index contributed by atoms with van der Waals surface area (Å²) in [5.41, 5.74) is 1.55. The number of carboxylic acids is 1. The molecule has 2 atom stereocenters. The molecule has 2 amide bonds. The van der Waals surface area contributed by atoms with Crippen molar-refractivity contribution in [1.82, 2.24) is 10.6 Å². The van der Waals surface area contributed by atoms with Crippen LogP contribution in [0.15, 0.2) is 60.7 Å². The molecule has 2 aromatic carbocycles. The predicted molar refractivity (Wildman–Crippen MR) is 116 cm³/mol. The lowest BCUT2D eigenvalue weighted by Crippen LogP contribution is -2.52. The number of Topliss-reactive ketones (excluding diaryl/α,β-unsaturated/α-hetero) is 1. The van der Waals surface area contributed by atoms with Gasteiger partial charge in [0.25, 0.3) is 5.91 Å². The molecule has 3 N–H and O–H groups in total. The molecule has 0 spiro atoms. The minimum absolute atomic E-state index is 0.0159. The van der Waals surface area contributed by atoms with Gasteiger partial charge in [-0.3, -0.25) is 14.4 Å². The molecule has 31 heavy (non-hydrogen) atoms. The molecule has 2 aromatic rings. The fraction of sp³-hybridized carbons (Fsp3) is 0.333. The Kier molecular flexibility index (Phi) is 8.94. The SMILES string of the molecule is CC(C)C[C@H](NC(=O)C(=O)[C@H](Cc1ccccc1)NC(=O)Cc1ccccc1)C(=O)O. The number of hydrogen-bond donors (Lipinski definition) is 3. The number of ketones is 1. The van der Waals surface area contributed by atoms with E-state index >= 15 is 0 Å². The molecule has 0 aliphatic rings. The molecular formula is C24H28N2O5. The Hall–Kier alpha value is -3.48. The maximum absolute atomic E-state index is 12.9. The molecule has 0 aliphatic carbocycles. The van der Waals surface area contributed by atoms with Crippen molar-refractivity contribution >= 4 is 23.6 Å². The second-order valence-corrected chi connectivity index (χ2v) is 7.83. The van der Waals surface area contributed by atoms with Gasteiger partial charge in [-0.05, 0) is 23.5 Å². The van der Waals surface area contributed by atoms with Crippen molar-refractivity contribution in [3.63, 3.8) is 0 Å². The molecule has 0 saturated heterocycles. The average Bonchev–Trinajstić information content (AvgIpc) is 2.73. The molecule has 0 bridgehead atoms. The van der Waals surface area contributed by atoms with Crippen LogP contribution in [-0.2, 0) is 32.0 Å². The molecule has 0 aliphatic heterocycles. The number of benzene rings is 2. The van der Waals surface area contributed by atoms with Crippen molar-refractivity contribution in [3.05, 3.63) is 71.8 Å². The summed E-state index contributed by atoms with van der Waals surface area (Å²) < 4.78 is 0. The van der Waals surface area contributed by atoms with Crippen molar-refractivity contribution in [1.29, 1.82) is 0 Å². The largest absolute Gasteiger partial charge is 0.480 e. The minimum Gasteiger partial charge on any atom is -0.480 e. The van der Waals surface area contributed by atoms with Gasteiger partial charge in [-0.15, -0.1) is 0 Å². The van der Waals surface area contributed by atoms with Gasteiger partial charge in [0.05, 0.1) is 6.42 Å². The van der Waals surface area contributed by atoms with Crippen LogP contribution >= 0.6 is 0 Å². The zero-order chi connectivity index (χ0) is 22.8. The fourth-order valence-electron chi connectivity index (χ4n) is 3.17. The molecule has 0 unspecified atom stereocenters. The molecule has 0 radical (unpaired) electrons. The third kappa shape index (κ3) is 8.04. The standard InChI is InChI=1S/C24H28N2O5/c1-16(2)13-20(24(30)31)26-23(29)22(28)19(14-17-9-5-3-6-10-17)25-21(27)15-18-11-7-4-8-12-18/h3-12,16,19-20H,13-15H2,1-2H3,(H,25,27)(H,26,29)(H,30,31)/t19-,20-/m0/s1. The van der Waals surface area contributed by atoms with Gasteiger partial charge in [0.15, 0.2) is 0 Å². The Morgan fingerprint density at radius 1 is 0.806 bits per heavy atom. The van der Waals surface area contributed by atoms with E-state index in [1.165, 1.54) is 0 Å². The van der Waals surface area contributed by atoms with Crippen LogP contribution < -0.4 is 10.6 Å². The second-order valence-electron chi connectivity index (χ2n) is 7.83.